The summed E-state index contributed by atoms with van der Waals surface area (Å²) in [7, 11) is 0. The third-order valence-corrected chi connectivity index (χ3v) is 5.35. The number of likely N-dealkylation sites (tertiary alicyclic amines) is 1. The van der Waals surface area contributed by atoms with Gasteiger partial charge in [0.2, 0.25) is 5.91 Å². The average Bonchev–Trinajstić information content (AvgIpc) is 3.12. The lowest BCUT2D eigenvalue weighted by Crippen LogP contribution is -2.46. The summed E-state index contributed by atoms with van der Waals surface area (Å²) in [4.78, 5) is 17.3. The Bertz CT molecular complexity index is 575. The normalized spacial score (nSPS) is 24.4. The fourth-order valence-electron chi connectivity index (χ4n) is 3.97. The summed E-state index contributed by atoms with van der Waals surface area (Å²) in [6.45, 7) is 7.69. The quantitative estimate of drug-likeness (QED) is 0.792. The summed E-state index contributed by atoms with van der Waals surface area (Å²) in [5.74, 6) is 0.622. The number of benzene rings is 1. The van der Waals surface area contributed by atoms with E-state index in [0.29, 0.717) is 12.5 Å². The molecule has 2 saturated heterocycles. The Morgan fingerprint density at radius 3 is 3.00 bits per heavy atom. The SMILES string of the molecule is CCN(C[C@H]1CCOC1)C(=O)[C@H]1CCCN(Cc2cccc(F)c2)C1. The Morgan fingerprint density at radius 1 is 1.40 bits per heavy atom. The summed E-state index contributed by atoms with van der Waals surface area (Å²) in [6.07, 6.45) is 3.03. The molecule has 0 radical (unpaired) electrons. The zero-order valence-corrected chi connectivity index (χ0v) is 15.1. The molecule has 0 saturated carbocycles. The van der Waals surface area contributed by atoms with Gasteiger partial charge in [-0.1, -0.05) is 12.1 Å². The van der Waals surface area contributed by atoms with Crippen molar-refractivity contribution in [3.8, 4) is 0 Å². The fraction of sp³-hybridized carbons (Fsp3) is 0.650. The smallest absolute Gasteiger partial charge is 0.226 e. The van der Waals surface area contributed by atoms with E-state index in [4.69, 9.17) is 4.74 Å². The Hall–Kier alpha value is -1.46. The highest BCUT2D eigenvalue weighted by Crippen LogP contribution is 2.22. The van der Waals surface area contributed by atoms with Gasteiger partial charge in [-0.2, -0.15) is 0 Å². The molecule has 1 aromatic carbocycles. The maximum Gasteiger partial charge on any atom is 0.226 e. The predicted octanol–water partition coefficient (Wildman–Crippen LogP) is 2.92. The van der Waals surface area contributed by atoms with Crippen molar-refractivity contribution in [2.45, 2.75) is 32.7 Å². The van der Waals surface area contributed by atoms with Crippen molar-refractivity contribution >= 4 is 5.91 Å². The van der Waals surface area contributed by atoms with Crippen LogP contribution in [0.5, 0.6) is 0 Å². The lowest BCUT2D eigenvalue weighted by molar-refractivity contribution is -0.137. The van der Waals surface area contributed by atoms with Gasteiger partial charge in [-0.05, 0) is 50.4 Å². The van der Waals surface area contributed by atoms with Crippen LogP contribution in [0.3, 0.4) is 0 Å². The molecule has 2 aliphatic rings. The zero-order valence-electron chi connectivity index (χ0n) is 15.1. The van der Waals surface area contributed by atoms with Crippen molar-refractivity contribution in [2.24, 2.45) is 11.8 Å². The van der Waals surface area contributed by atoms with Crippen LogP contribution in [0.1, 0.15) is 31.7 Å². The molecular weight excluding hydrogens is 319 g/mol. The number of nitrogens with zero attached hydrogens (tertiary/aromatic N) is 2. The molecule has 3 rings (SSSR count). The van der Waals surface area contributed by atoms with Crippen LogP contribution in [0.4, 0.5) is 4.39 Å². The molecule has 4 nitrogen and oxygen atoms in total. The summed E-state index contributed by atoms with van der Waals surface area (Å²) >= 11 is 0. The third-order valence-electron chi connectivity index (χ3n) is 5.35. The van der Waals surface area contributed by atoms with Gasteiger partial charge in [0.25, 0.3) is 0 Å². The lowest BCUT2D eigenvalue weighted by atomic mass is 9.95. The van der Waals surface area contributed by atoms with E-state index in [2.05, 4.69) is 11.8 Å². The van der Waals surface area contributed by atoms with Gasteiger partial charge in [0.1, 0.15) is 5.82 Å². The molecule has 1 amide bonds. The summed E-state index contributed by atoms with van der Waals surface area (Å²) < 4.78 is 18.8. The Kier molecular flexibility index (Phi) is 6.43. The van der Waals surface area contributed by atoms with Gasteiger partial charge in [0.05, 0.1) is 12.5 Å². The standard InChI is InChI=1S/C20H29FN2O2/c1-2-23(13-17-8-10-25-15-17)20(24)18-6-4-9-22(14-18)12-16-5-3-7-19(21)11-16/h3,5,7,11,17-18H,2,4,6,8-10,12-15H2,1H3/t17-,18+/m1/s1. The Labute approximate surface area is 149 Å². The van der Waals surface area contributed by atoms with Crippen molar-refractivity contribution < 1.29 is 13.9 Å². The predicted molar refractivity (Wildman–Crippen MR) is 95.6 cm³/mol. The van der Waals surface area contributed by atoms with Gasteiger partial charge in [-0.3, -0.25) is 9.69 Å². The van der Waals surface area contributed by atoms with E-state index in [0.717, 1.165) is 64.2 Å². The minimum atomic E-state index is -0.196. The molecule has 2 heterocycles. The molecule has 0 N–H and O–H groups in total. The van der Waals surface area contributed by atoms with Crippen molar-refractivity contribution in [2.75, 3.05) is 39.4 Å². The topological polar surface area (TPSA) is 32.8 Å². The molecule has 1 aromatic rings. The largest absolute Gasteiger partial charge is 0.381 e. The van der Waals surface area contributed by atoms with Crippen molar-refractivity contribution in [3.05, 3.63) is 35.6 Å². The number of piperidine rings is 1. The first-order valence-corrected chi connectivity index (χ1v) is 9.49. The second-order valence-corrected chi connectivity index (χ2v) is 7.31. The molecule has 0 spiro atoms. The van der Waals surface area contributed by atoms with E-state index >= 15 is 0 Å². The molecular formula is C20H29FN2O2. The maximum atomic E-state index is 13.4. The van der Waals surface area contributed by atoms with Gasteiger partial charge in [0, 0.05) is 38.7 Å². The van der Waals surface area contributed by atoms with Crippen LogP contribution in [0.2, 0.25) is 0 Å². The van der Waals surface area contributed by atoms with E-state index < -0.39 is 0 Å². The highest BCUT2D eigenvalue weighted by atomic mass is 19.1. The number of ether oxygens (including phenoxy) is 1. The maximum absolute atomic E-state index is 13.4. The minimum absolute atomic E-state index is 0.0598. The third kappa shape index (κ3) is 5.02. The molecule has 2 aliphatic heterocycles. The summed E-state index contributed by atoms with van der Waals surface area (Å²) in [5, 5.41) is 0. The summed E-state index contributed by atoms with van der Waals surface area (Å²) in [6, 6.07) is 6.76. The lowest BCUT2D eigenvalue weighted by Gasteiger charge is -2.35. The van der Waals surface area contributed by atoms with Crippen LogP contribution >= 0.6 is 0 Å². The molecule has 0 bridgehead atoms. The first kappa shape index (κ1) is 18.3. The van der Waals surface area contributed by atoms with Gasteiger partial charge in [0.15, 0.2) is 0 Å². The highest BCUT2D eigenvalue weighted by Gasteiger charge is 2.30. The van der Waals surface area contributed by atoms with E-state index in [9.17, 15) is 9.18 Å². The molecule has 0 unspecified atom stereocenters. The van der Waals surface area contributed by atoms with E-state index in [1.165, 1.54) is 6.07 Å². The molecule has 5 heteroatoms. The average molecular weight is 348 g/mol. The first-order valence-electron chi connectivity index (χ1n) is 9.49. The number of carbonyl (C=O) groups excluding carboxylic acids is 1. The molecule has 0 aromatic heterocycles. The molecule has 0 aliphatic carbocycles. The van der Waals surface area contributed by atoms with Gasteiger partial charge >= 0.3 is 0 Å². The van der Waals surface area contributed by atoms with Crippen LogP contribution in [-0.4, -0.2) is 55.1 Å². The second-order valence-electron chi connectivity index (χ2n) is 7.31. The van der Waals surface area contributed by atoms with Gasteiger partial charge in [-0.25, -0.2) is 4.39 Å². The van der Waals surface area contributed by atoms with Crippen LogP contribution in [0.15, 0.2) is 24.3 Å². The molecule has 2 atom stereocenters. The molecule has 2 fully saturated rings. The molecule has 25 heavy (non-hydrogen) atoms. The number of halogens is 1. The number of carbonyl (C=O) groups is 1. The van der Waals surface area contributed by atoms with Crippen LogP contribution < -0.4 is 0 Å². The van der Waals surface area contributed by atoms with Crippen LogP contribution in [0, 0.1) is 17.7 Å². The van der Waals surface area contributed by atoms with Gasteiger partial charge in [-0.15, -0.1) is 0 Å². The Balaban J connectivity index is 1.56. The van der Waals surface area contributed by atoms with E-state index in [1.54, 1.807) is 12.1 Å². The minimum Gasteiger partial charge on any atom is -0.381 e. The summed E-state index contributed by atoms with van der Waals surface area (Å²) in [5.41, 5.74) is 0.976. The fourth-order valence-corrected chi connectivity index (χ4v) is 3.97. The number of hydrogen-bond acceptors (Lipinski definition) is 3. The zero-order chi connectivity index (χ0) is 17.6. The van der Waals surface area contributed by atoms with Gasteiger partial charge < -0.3 is 9.64 Å². The Morgan fingerprint density at radius 2 is 2.28 bits per heavy atom. The second kappa shape index (κ2) is 8.77. The van der Waals surface area contributed by atoms with E-state index in [-0.39, 0.29) is 17.6 Å². The number of amides is 1. The monoisotopic (exact) mass is 348 g/mol. The van der Waals surface area contributed by atoms with Crippen molar-refractivity contribution in [1.82, 2.24) is 9.80 Å². The number of rotatable bonds is 6. The number of hydrogen-bond donors (Lipinski definition) is 0. The molecule has 138 valence electrons. The van der Waals surface area contributed by atoms with Crippen LogP contribution in [-0.2, 0) is 16.1 Å². The first-order chi connectivity index (χ1) is 12.2. The highest BCUT2D eigenvalue weighted by molar-refractivity contribution is 5.79. The van der Waals surface area contributed by atoms with Crippen molar-refractivity contribution in [3.63, 3.8) is 0 Å². The van der Waals surface area contributed by atoms with Crippen molar-refractivity contribution in [1.29, 1.82) is 0 Å². The van der Waals surface area contributed by atoms with E-state index in [1.807, 2.05) is 11.0 Å². The van der Waals surface area contributed by atoms with Crippen LogP contribution in [0.25, 0.3) is 0 Å².